The molecule has 1 aromatic heterocycles. The number of aldehydes is 1. The van der Waals surface area contributed by atoms with Gasteiger partial charge < -0.3 is 4.74 Å². The second-order valence-corrected chi connectivity index (χ2v) is 9.66. The number of ether oxygens (including phenoxy) is 1. The summed E-state index contributed by atoms with van der Waals surface area (Å²) in [5.74, 6) is 1.05. The molecule has 1 aliphatic heterocycles. The molecule has 0 bridgehead atoms. The molecule has 0 aliphatic carbocycles. The number of aryl methyl sites for hydroxylation is 1. The van der Waals surface area contributed by atoms with Gasteiger partial charge in [0, 0.05) is 15.6 Å². The maximum Gasteiger partial charge on any atom is 0.416 e. The van der Waals surface area contributed by atoms with Crippen LogP contribution in [0.25, 0.3) is 10.6 Å². The van der Waals surface area contributed by atoms with Crippen LogP contribution in [0.3, 0.4) is 0 Å². The number of benzene rings is 2. The highest BCUT2D eigenvalue weighted by Gasteiger charge is 2.30. The van der Waals surface area contributed by atoms with Crippen LogP contribution in [-0.2, 0) is 28.8 Å². The number of unbranched alkanes of at least 4 members (excludes halogenated alkanes) is 1. The quantitative estimate of drug-likeness (QED) is 0.306. The fraction of sp³-hybridized carbons (Fsp3) is 0.292. The van der Waals surface area contributed by atoms with E-state index in [1.807, 2.05) is 0 Å². The van der Waals surface area contributed by atoms with Crippen molar-refractivity contribution in [1.82, 2.24) is 10.5 Å². The summed E-state index contributed by atoms with van der Waals surface area (Å²) in [7, 11) is 0. The third-order valence-corrected chi connectivity index (χ3v) is 7.00. The molecule has 0 fully saturated rings. The predicted molar refractivity (Wildman–Crippen MR) is 130 cm³/mol. The topological polar surface area (TPSA) is 72.8 Å². The summed E-state index contributed by atoms with van der Waals surface area (Å²) in [4.78, 5) is 25.6. The molecule has 1 atom stereocenters. The molecule has 2 heterocycles. The molecule has 1 unspecified atom stereocenters. The number of carbonyl (C=O) groups is 1. The zero-order chi connectivity index (χ0) is 25.0. The molecule has 0 spiro atoms. The van der Waals surface area contributed by atoms with Gasteiger partial charge in [0.2, 0.25) is 6.23 Å². The van der Waals surface area contributed by atoms with Gasteiger partial charge in [0.15, 0.2) is 12.1 Å². The Kier molecular flexibility index (Phi) is 7.88. The van der Waals surface area contributed by atoms with Crippen LogP contribution in [0.15, 0.2) is 51.9 Å². The van der Waals surface area contributed by atoms with Crippen LogP contribution < -0.4 is 10.2 Å². The van der Waals surface area contributed by atoms with E-state index in [1.54, 1.807) is 18.2 Å². The van der Waals surface area contributed by atoms with Crippen molar-refractivity contribution >= 4 is 39.4 Å². The van der Waals surface area contributed by atoms with Gasteiger partial charge in [-0.1, -0.05) is 25.5 Å². The first-order chi connectivity index (χ1) is 16.8. The van der Waals surface area contributed by atoms with Crippen molar-refractivity contribution in [3.8, 4) is 16.3 Å². The fourth-order valence-corrected chi connectivity index (χ4v) is 4.94. The number of hydroxylamine groups is 1. The zero-order valence-corrected chi connectivity index (χ0v) is 21.0. The molecule has 11 heteroatoms. The van der Waals surface area contributed by atoms with Crippen molar-refractivity contribution < 1.29 is 27.5 Å². The lowest BCUT2D eigenvalue weighted by molar-refractivity contribution is -0.137. The minimum atomic E-state index is -4.37. The Balaban J connectivity index is 1.51. The van der Waals surface area contributed by atoms with Crippen molar-refractivity contribution in [2.45, 2.75) is 45.2 Å². The summed E-state index contributed by atoms with van der Waals surface area (Å²) < 4.78 is 45.4. The van der Waals surface area contributed by atoms with E-state index in [0.717, 1.165) is 42.0 Å². The lowest BCUT2D eigenvalue weighted by Crippen LogP contribution is -2.20. The Bertz CT molecular complexity index is 1230. The Labute approximate surface area is 212 Å². The zero-order valence-electron chi connectivity index (χ0n) is 18.6. The number of hydrogen-bond donors (Lipinski definition) is 1. The smallest absolute Gasteiger partial charge is 0.416 e. The van der Waals surface area contributed by atoms with Crippen molar-refractivity contribution in [2.24, 2.45) is 4.99 Å². The summed E-state index contributed by atoms with van der Waals surface area (Å²) in [6.07, 6.45) is -1.95. The first-order valence-corrected chi connectivity index (χ1v) is 12.4. The molecule has 3 aromatic rings. The minimum absolute atomic E-state index is 0.276. The Morgan fingerprint density at radius 1 is 1.23 bits per heavy atom. The van der Waals surface area contributed by atoms with Gasteiger partial charge in [-0.25, -0.2) is 20.3 Å². The SMILES string of the molecule is CCCCc1nc(-c2ccc(C(F)(F)F)cc2)sc1COc1ccc(C2=NC(C=O)ON2)c(Br)c1. The second-order valence-electron chi connectivity index (χ2n) is 7.72. The number of nitrogens with one attached hydrogen (secondary N) is 1. The van der Waals surface area contributed by atoms with Crippen molar-refractivity contribution in [1.29, 1.82) is 0 Å². The highest BCUT2D eigenvalue weighted by Crippen LogP contribution is 2.34. The number of amidine groups is 1. The molecule has 35 heavy (non-hydrogen) atoms. The lowest BCUT2D eigenvalue weighted by atomic mass is 10.1. The molecular weight excluding hydrogens is 547 g/mol. The largest absolute Gasteiger partial charge is 0.488 e. The van der Waals surface area contributed by atoms with Gasteiger partial charge in [-0.3, -0.25) is 4.79 Å². The summed E-state index contributed by atoms with van der Waals surface area (Å²) in [6, 6.07) is 10.4. The number of thiazole rings is 1. The molecule has 0 saturated heterocycles. The van der Waals surface area contributed by atoms with Crippen LogP contribution in [0.2, 0.25) is 0 Å². The van der Waals surface area contributed by atoms with Gasteiger partial charge in [0.05, 0.1) is 16.1 Å². The monoisotopic (exact) mass is 567 g/mol. The van der Waals surface area contributed by atoms with Crippen LogP contribution in [0.5, 0.6) is 5.75 Å². The number of hydrogen-bond acceptors (Lipinski definition) is 7. The Morgan fingerprint density at radius 3 is 2.63 bits per heavy atom. The van der Waals surface area contributed by atoms with Crippen LogP contribution in [0.4, 0.5) is 13.2 Å². The molecule has 6 nitrogen and oxygen atoms in total. The van der Waals surface area contributed by atoms with Gasteiger partial charge >= 0.3 is 6.18 Å². The predicted octanol–water partition coefficient (Wildman–Crippen LogP) is 6.32. The molecule has 4 rings (SSSR count). The van der Waals surface area contributed by atoms with Gasteiger partial charge in [-0.05, 0) is 59.1 Å². The maximum atomic E-state index is 12.9. The number of alkyl halides is 3. The van der Waals surface area contributed by atoms with E-state index < -0.39 is 18.0 Å². The van der Waals surface area contributed by atoms with Crippen LogP contribution in [0.1, 0.15) is 41.5 Å². The molecule has 2 aromatic carbocycles. The van der Waals surface area contributed by atoms with E-state index in [9.17, 15) is 18.0 Å². The number of aromatic nitrogens is 1. The van der Waals surface area contributed by atoms with E-state index in [-0.39, 0.29) is 6.61 Å². The van der Waals surface area contributed by atoms with Crippen molar-refractivity contribution in [3.63, 3.8) is 0 Å². The highest BCUT2D eigenvalue weighted by atomic mass is 79.9. The third-order valence-electron chi connectivity index (χ3n) is 5.22. The molecule has 0 saturated carbocycles. The third kappa shape index (κ3) is 6.09. The fourth-order valence-electron chi connectivity index (χ4n) is 3.37. The normalized spacial score (nSPS) is 15.6. The molecule has 1 aliphatic rings. The Hall–Kier alpha value is -2.76. The summed E-state index contributed by atoms with van der Waals surface area (Å²) in [5, 5.41) is 0.662. The molecule has 0 radical (unpaired) electrons. The number of nitrogens with zero attached hydrogens (tertiary/aromatic N) is 2. The molecule has 0 amide bonds. The average molecular weight is 568 g/mol. The number of halogens is 4. The summed E-state index contributed by atoms with van der Waals surface area (Å²) in [6.45, 7) is 2.36. The van der Waals surface area contributed by atoms with Gasteiger partial charge in [-0.15, -0.1) is 11.3 Å². The van der Waals surface area contributed by atoms with Crippen LogP contribution >= 0.6 is 27.3 Å². The van der Waals surface area contributed by atoms with Gasteiger partial charge in [0.25, 0.3) is 0 Å². The minimum Gasteiger partial charge on any atom is -0.488 e. The first kappa shape index (κ1) is 25.3. The maximum absolute atomic E-state index is 12.9. The van der Waals surface area contributed by atoms with E-state index in [4.69, 9.17) is 14.6 Å². The average Bonchev–Trinajstić information content (AvgIpc) is 3.48. The molecule has 184 valence electrons. The van der Waals surface area contributed by atoms with Crippen LogP contribution in [0, 0.1) is 0 Å². The number of carbonyl (C=O) groups excluding carboxylic acids is 1. The lowest BCUT2D eigenvalue weighted by Gasteiger charge is -2.09. The van der Waals surface area contributed by atoms with Crippen molar-refractivity contribution in [3.05, 3.63) is 68.6 Å². The highest BCUT2D eigenvalue weighted by molar-refractivity contribution is 9.10. The summed E-state index contributed by atoms with van der Waals surface area (Å²) in [5.41, 5.74) is 4.19. The van der Waals surface area contributed by atoms with Gasteiger partial charge in [0.1, 0.15) is 17.4 Å². The van der Waals surface area contributed by atoms with E-state index in [1.165, 1.54) is 23.5 Å². The molecule has 1 N–H and O–H groups in total. The van der Waals surface area contributed by atoms with E-state index in [0.29, 0.717) is 38.5 Å². The van der Waals surface area contributed by atoms with Gasteiger partial charge in [-0.2, -0.15) is 13.2 Å². The Morgan fingerprint density at radius 2 is 2.00 bits per heavy atom. The standard InChI is InChI=1S/C24H21BrF3N3O3S/c1-2-3-4-19-20(35-23(29-19)14-5-7-15(8-6-14)24(26,27)28)13-33-16-9-10-17(18(25)11-16)22-30-21(12-32)34-31-22/h5-12,21H,2-4,13H2,1H3,(H,30,31). The number of aliphatic imine (C=N–C) groups is 1. The van der Waals surface area contributed by atoms with E-state index in [2.05, 4.69) is 33.3 Å². The molecular formula is C24H21BrF3N3O3S. The van der Waals surface area contributed by atoms with E-state index >= 15 is 0 Å². The summed E-state index contributed by atoms with van der Waals surface area (Å²) >= 11 is 4.91. The number of rotatable bonds is 9. The second kappa shape index (κ2) is 10.9. The first-order valence-electron chi connectivity index (χ1n) is 10.8. The van der Waals surface area contributed by atoms with Crippen LogP contribution in [-0.4, -0.2) is 23.3 Å². The van der Waals surface area contributed by atoms with Crippen molar-refractivity contribution in [2.75, 3.05) is 0 Å².